The zero-order chi connectivity index (χ0) is 39.9. The molecule has 6 rings (SSSR count). The number of phenolic OH excluding ortho intramolecular Hbond substituents is 1. The summed E-state index contributed by atoms with van der Waals surface area (Å²) in [4.78, 5) is 0. The van der Waals surface area contributed by atoms with E-state index < -0.39 is 0 Å². The van der Waals surface area contributed by atoms with E-state index in [9.17, 15) is 5.11 Å². The SMILES string of the molecule is COc1ccc(C)cc1Cc1cc(C)cc(Cc2cc(COc3ccc(Cl)cc3Cc3cc(Cl)cc(Cc4cc(Cl)ccc4OC)c3OC)ccc2O)c1OC. The van der Waals surface area contributed by atoms with Crippen LogP contribution >= 0.6 is 34.8 Å². The number of phenols is 1. The van der Waals surface area contributed by atoms with Gasteiger partial charge in [0.15, 0.2) is 0 Å². The summed E-state index contributed by atoms with van der Waals surface area (Å²) >= 11 is 19.6. The Morgan fingerprint density at radius 1 is 0.429 bits per heavy atom. The van der Waals surface area contributed by atoms with E-state index in [1.54, 1.807) is 40.6 Å². The maximum atomic E-state index is 11.0. The minimum Gasteiger partial charge on any atom is -0.508 e. The van der Waals surface area contributed by atoms with Gasteiger partial charge in [-0.15, -0.1) is 0 Å². The quantitative estimate of drug-likeness (QED) is 0.111. The topological polar surface area (TPSA) is 66.4 Å². The molecule has 0 aliphatic heterocycles. The molecule has 0 aliphatic rings. The fraction of sp³-hybridized carbons (Fsp3) is 0.234. The van der Waals surface area contributed by atoms with Crippen molar-refractivity contribution in [2.75, 3.05) is 28.4 Å². The lowest BCUT2D eigenvalue weighted by atomic mass is 9.94. The van der Waals surface area contributed by atoms with Gasteiger partial charge in [0.2, 0.25) is 0 Å². The van der Waals surface area contributed by atoms with Crippen LogP contribution in [0.25, 0.3) is 0 Å². The Morgan fingerprint density at radius 3 is 1.43 bits per heavy atom. The predicted octanol–water partition coefficient (Wildman–Crippen LogP) is 11.9. The molecule has 0 heterocycles. The lowest BCUT2D eigenvalue weighted by Crippen LogP contribution is -2.04. The van der Waals surface area contributed by atoms with Crippen molar-refractivity contribution in [3.8, 4) is 34.5 Å². The van der Waals surface area contributed by atoms with Crippen LogP contribution in [0.4, 0.5) is 0 Å². The summed E-state index contributed by atoms with van der Waals surface area (Å²) in [6.07, 6.45) is 2.06. The highest BCUT2D eigenvalue weighted by atomic mass is 35.5. The summed E-state index contributed by atoms with van der Waals surface area (Å²) in [5.74, 6) is 3.92. The molecule has 0 spiro atoms. The van der Waals surface area contributed by atoms with Gasteiger partial charge in [-0.3, -0.25) is 0 Å². The molecule has 56 heavy (non-hydrogen) atoms. The average molecular weight is 812 g/mol. The van der Waals surface area contributed by atoms with Crippen molar-refractivity contribution in [1.82, 2.24) is 0 Å². The summed E-state index contributed by atoms with van der Waals surface area (Å²) < 4.78 is 29.7. The van der Waals surface area contributed by atoms with Crippen molar-refractivity contribution in [1.29, 1.82) is 0 Å². The van der Waals surface area contributed by atoms with E-state index >= 15 is 0 Å². The van der Waals surface area contributed by atoms with Gasteiger partial charge in [-0.2, -0.15) is 0 Å². The van der Waals surface area contributed by atoms with Crippen molar-refractivity contribution in [3.05, 3.63) is 173 Å². The second-order valence-electron chi connectivity index (χ2n) is 13.9. The standard InChI is InChI=1S/C47H45Cl3O6/c1-28-7-12-43(52-3)32(15-28)20-36-17-29(2)16-35(46(36)54-5)19-31-18-30(8-11-42(31)51)27-56-45-14-10-40(49)24-34(45)22-38-26-41(50)25-37(47(38)55-6)21-33-23-39(48)9-13-44(33)53-4/h7-18,23-26,51H,19-22,27H2,1-6H3. The molecule has 9 heteroatoms. The highest BCUT2D eigenvalue weighted by Gasteiger charge is 2.19. The Labute approximate surface area is 344 Å². The molecule has 0 saturated heterocycles. The molecule has 0 fully saturated rings. The molecule has 6 aromatic rings. The van der Waals surface area contributed by atoms with Crippen molar-refractivity contribution in [3.63, 3.8) is 0 Å². The summed E-state index contributed by atoms with van der Waals surface area (Å²) in [6.45, 7) is 4.41. The van der Waals surface area contributed by atoms with E-state index in [1.807, 2.05) is 66.7 Å². The molecule has 0 aromatic heterocycles. The Bertz CT molecular complexity index is 2360. The van der Waals surface area contributed by atoms with E-state index in [-0.39, 0.29) is 12.4 Å². The minimum absolute atomic E-state index is 0.200. The molecule has 0 unspecified atom stereocenters. The first kappa shape index (κ1) is 40.6. The molecule has 0 amide bonds. The second kappa shape index (κ2) is 18.3. The maximum absolute atomic E-state index is 11.0. The zero-order valence-electron chi connectivity index (χ0n) is 32.4. The van der Waals surface area contributed by atoms with E-state index in [4.69, 9.17) is 58.5 Å². The predicted molar refractivity (Wildman–Crippen MR) is 227 cm³/mol. The highest BCUT2D eigenvalue weighted by Crippen LogP contribution is 2.38. The van der Waals surface area contributed by atoms with Crippen LogP contribution < -0.4 is 23.7 Å². The summed E-state index contributed by atoms with van der Waals surface area (Å²) in [5.41, 5.74) is 10.6. The van der Waals surface area contributed by atoms with E-state index in [0.717, 1.165) is 78.4 Å². The molecule has 0 aliphatic carbocycles. The van der Waals surface area contributed by atoms with Gasteiger partial charge in [0.1, 0.15) is 41.1 Å². The van der Waals surface area contributed by atoms with Gasteiger partial charge in [0, 0.05) is 63.0 Å². The maximum Gasteiger partial charge on any atom is 0.126 e. The Kier molecular flexibility index (Phi) is 13.3. The number of methoxy groups -OCH3 is 4. The summed E-state index contributed by atoms with van der Waals surface area (Å²) in [7, 11) is 6.66. The number of benzene rings is 6. The van der Waals surface area contributed by atoms with Crippen molar-refractivity contribution < 1.29 is 28.8 Å². The fourth-order valence-electron chi connectivity index (χ4n) is 7.30. The number of hydrogen-bond donors (Lipinski definition) is 1. The van der Waals surface area contributed by atoms with E-state index in [1.165, 1.54) is 0 Å². The third-order valence-electron chi connectivity index (χ3n) is 9.77. The summed E-state index contributed by atoms with van der Waals surface area (Å²) in [6, 6.07) is 30.9. The van der Waals surface area contributed by atoms with Gasteiger partial charge >= 0.3 is 0 Å². The molecule has 0 saturated carbocycles. The second-order valence-corrected chi connectivity index (χ2v) is 15.2. The van der Waals surface area contributed by atoms with Gasteiger partial charge in [0.05, 0.1) is 28.4 Å². The Balaban J connectivity index is 1.24. The first-order chi connectivity index (χ1) is 27.0. The van der Waals surface area contributed by atoms with Crippen LogP contribution in [0.3, 0.4) is 0 Å². The zero-order valence-corrected chi connectivity index (χ0v) is 34.7. The van der Waals surface area contributed by atoms with Crippen LogP contribution in [0.15, 0.2) is 97.1 Å². The molecular formula is C47H45Cl3O6. The van der Waals surface area contributed by atoms with Crippen molar-refractivity contribution >= 4 is 34.8 Å². The normalized spacial score (nSPS) is 11.0. The van der Waals surface area contributed by atoms with Crippen LogP contribution in [0.5, 0.6) is 34.5 Å². The first-order valence-corrected chi connectivity index (χ1v) is 19.3. The van der Waals surface area contributed by atoms with Crippen LogP contribution in [-0.4, -0.2) is 33.5 Å². The number of aryl methyl sites for hydroxylation is 2. The monoisotopic (exact) mass is 810 g/mol. The third kappa shape index (κ3) is 9.67. The molecule has 6 aromatic carbocycles. The fourth-order valence-corrected chi connectivity index (χ4v) is 7.95. The largest absolute Gasteiger partial charge is 0.508 e. The molecule has 6 nitrogen and oxygen atoms in total. The van der Waals surface area contributed by atoms with Crippen molar-refractivity contribution in [2.24, 2.45) is 0 Å². The van der Waals surface area contributed by atoms with Gasteiger partial charge in [0.25, 0.3) is 0 Å². The Morgan fingerprint density at radius 2 is 0.875 bits per heavy atom. The van der Waals surface area contributed by atoms with Crippen LogP contribution in [0.1, 0.15) is 61.2 Å². The van der Waals surface area contributed by atoms with E-state index in [2.05, 4.69) is 32.0 Å². The third-order valence-corrected chi connectivity index (χ3v) is 10.5. The lowest BCUT2D eigenvalue weighted by Gasteiger charge is -2.18. The van der Waals surface area contributed by atoms with Gasteiger partial charge in [-0.05, 0) is 108 Å². The van der Waals surface area contributed by atoms with Crippen LogP contribution in [0, 0.1) is 13.8 Å². The molecular weight excluding hydrogens is 767 g/mol. The average Bonchev–Trinajstić information content (AvgIpc) is 3.16. The number of ether oxygens (including phenoxy) is 5. The number of rotatable bonds is 15. The molecule has 0 radical (unpaired) electrons. The van der Waals surface area contributed by atoms with E-state index in [0.29, 0.717) is 52.3 Å². The van der Waals surface area contributed by atoms with Crippen molar-refractivity contribution in [2.45, 2.75) is 46.1 Å². The molecule has 0 atom stereocenters. The highest BCUT2D eigenvalue weighted by molar-refractivity contribution is 6.31. The van der Waals surface area contributed by atoms with Gasteiger partial charge < -0.3 is 28.8 Å². The van der Waals surface area contributed by atoms with Gasteiger partial charge in [-0.1, -0.05) is 76.3 Å². The first-order valence-electron chi connectivity index (χ1n) is 18.2. The number of aromatic hydroxyl groups is 1. The molecule has 1 N–H and O–H groups in total. The molecule has 290 valence electrons. The Hall–Kier alpha value is -5.01. The van der Waals surface area contributed by atoms with Crippen LogP contribution in [-0.2, 0) is 32.3 Å². The smallest absolute Gasteiger partial charge is 0.126 e. The number of hydrogen-bond acceptors (Lipinski definition) is 6. The summed E-state index contributed by atoms with van der Waals surface area (Å²) in [5, 5.41) is 12.8. The molecule has 0 bridgehead atoms. The number of halogens is 3. The van der Waals surface area contributed by atoms with Crippen LogP contribution in [0.2, 0.25) is 15.1 Å². The minimum atomic E-state index is 0.200. The van der Waals surface area contributed by atoms with Gasteiger partial charge in [-0.25, -0.2) is 0 Å². The lowest BCUT2D eigenvalue weighted by molar-refractivity contribution is 0.303.